The van der Waals surface area contributed by atoms with Crippen LogP contribution in [0, 0.1) is 0 Å². The molecule has 1 aromatic rings. The highest BCUT2D eigenvalue weighted by molar-refractivity contribution is 5.82. The number of carbonyl (C=O) groups is 2. The Morgan fingerprint density at radius 2 is 2.33 bits per heavy atom. The minimum Gasteiger partial charge on any atom is -0.453 e. The summed E-state index contributed by atoms with van der Waals surface area (Å²) in [6.07, 6.45) is 0.227. The van der Waals surface area contributed by atoms with E-state index in [4.69, 9.17) is 5.11 Å². The van der Waals surface area contributed by atoms with E-state index in [1.807, 2.05) is 0 Å². The van der Waals surface area contributed by atoms with E-state index in [2.05, 4.69) is 20.3 Å². The Balaban J connectivity index is 1.86. The summed E-state index contributed by atoms with van der Waals surface area (Å²) >= 11 is 0. The number of amides is 2. The number of hydrogen-bond donors (Lipinski definition) is 2. The van der Waals surface area contributed by atoms with E-state index in [-0.39, 0.29) is 18.3 Å². The van der Waals surface area contributed by atoms with E-state index in [1.54, 1.807) is 0 Å². The van der Waals surface area contributed by atoms with E-state index in [1.165, 1.54) is 18.2 Å². The molecule has 1 aromatic heterocycles. The van der Waals surface area contributed by atoms with Gasteiger partial charge in [-0.15, -0.1) is 5.10 Å². The molecule has 1 aliphatic heterocycles. The molecule has 2 rings (SSSR count). The van der Waals surface area contributed by atoms with Crippen molar-refractivity contribution in [1.29, 1.82) is 0 Å². The van der Waals surface area contributed by atoms with Crippen LogP contribution < -0.4 is 5.32 Å². The normalized spacial score (nSPS) is 15.1. The minimum absolute atomic E-state index is 0.0322. The molecule has 0 aliphatic carbocycles. The number of hydrogen-bond acceptors (Lipinski definition) is 6. The molecular weight excluding hydrogens is 242 g/mol. The molecule has 0 radical (unpaired) electrons. The van der Waals surface area contributed by atoms with Gasteiger partial charge < -0.3 is 14.7 Å². The maximum absolute atomic E-state index is 11.6. The molecule has 2 N–H and O–H groups in total. The number of anilines is 1. The van der Waals surface area contributed by atoms with Crippen LogP contribution in [0.15, 0.2) is 6.20 Å². The van der Waals surface area contributed by atoms with Gasteiger partial charge in [-0.05, 0) is 0 Å². The predicted molar refractivity (Wildman–Crippen MR) is 58.6 cm³/mol. The van der Waals surface area contributed by atoms with Crippen LogP contribution in [0.5, 0.6) is 0 Å². The first-order valence-electron chi connectivity index (χ1n) is 5.29. The lowest BCUT2D eigenvalue weighted by molar-refractivity contribution is -0.142. The molecule has 0 saturated carbocycles. The molecule has 1 aliphatic rings. The zero-order valence-corrected chi connectivity index (χ0v) is 9.74. The van der Waals surface area contributed by atoms with E-state index in [9.17, 15) is 9.59 Å². The maximum atomic E-state index is 11.6. The molecule has 1 fully saturated rings. The molecule has 2 heterocycles. The smallest absolute Gasteiger partial charge is 0.412 e. The van der Waals surface area contributed by atoms with Crippen molar-refractivity contribution in [2.75, 3.05) is 25.5 Å². The lowest BCUT2D eigenvalue weighted by Crippen LogP contribution is -2.54. The van der Waals surface area contributed by atoms with Crippen molar-refractivity contribution < 1.29 is 19.4 Å². The summed E-state index contributed by atoms with van der Waals surface area (Å²) in [5, 5.41) is 19.1. The van der Waals surface area contributed by atoms with Gasteiger partial charge in [-0.25, -0.2) is 4.79 Å². The fourth-order valence-corrected chi connectivity index (χ4v) is 1.47. The summed E-state index contributed by atoms with van der Waals surface area (Å²) in [6.45, 7) is 0.649. The van der Waals surface area contributed by atoms with Gasteiger partial charge in [0.25, 0.3) is 0 Å². The molecule has 9 heteroatoms. The van der Waals surface area contributed by atoms with E-state index in [0.717, 1.165) is 4.80 Å². The quantitative estimate of drug-likeness (QED) is 0.691. The maximum Gasteiger partial charge on any atom is 0.412 e. The fraction of sp³-hybridized carbons (Fsp3) is 0.556. The van der Waals surface area contributed by atoms with Crippen molar-refractivity contribution in [2.24, 2.45) is 0 Å². The molecule has 0 atom stereocenters. The van der Waals surface area contributed by atoms with Crippen LogP contribution in [0.3, 0.4) is 0 Å². The molecule has 0 bridgehead atoms. The summed E-state index contributed by atoms with van der Waals surface area (Å²) in [7, 11) is 1.23. The lowest BCUT2D eigenvalue weighted by atomic mass is 10.2. The van der Waals surface area contributed by atoms with Crippen LogP contribution in [-0.4, -0.2) is 63.3 Å². The summed E-state index contributed by atoms with van der Waals surface area (Å²) in [6, 6.07) is 0. The first-order valence-corrected chi connectivity index (χ1v) is 5.29. The minimum atomic E-state index is -0.653. The number of aromatic nitrogens is 3. The van der Waals surface area contributed by atoms with Crippen molar-refractivity contribution in [3.05, 3.63) is 6.20 Å². The Bertz CT molecular complexity index is 454. The number of ether oxygens (including phenoxy) is 1. The SMILES string of the molecule is COC(=O)Nc1cnn(CC(=O)N2CC(O)C2)n1. The second-order valence-electron chi connectivity index (χ2n) is 3.83. The number of aliphatic hydroxyl groups excluding tert-OH is 1. The average molecular weight is 255 g/mol. The van der Waals surface area contributed by atoms with E-state index < -0.39 is 12.2 Å². The third kappa shape index (κ3) is 2.74. The van der Waals surface area contributed by atoms with Crippen LogP contribution in [0.1, 0.15) is 0 Å². The molecule has 0 spiro atoms. The third-order valence-corrected chi connectivity index (χ3v) is 2.44. The van der Waals surface area contributed by atoms with Gasteiger partial charge in [0, 0.05) is 13.1 Å². The van der Waals surface area contributed by atoms with E-state index >= 15 is 0 Å². The van der Waals surface area contributed by atoms with Gasteiger partial charge in [-0.3, -0.25) is 10.1 Å². The molecular formula is C9H13N5O4. The zero-order valence-electron chi connectivity index (χ0n) is 9.74. The highest BCUT2D eigenvalue weighted by Gasteiger charge is 2.28. The van der Waals surface area contributed by atoms with E-state index in [0.29, 0.717) is 13.1 Å². The van der Waals surface area contributed by atoms with Gasteiger partial charge in [0.2, 0.25) is 5.91 Å². The van der Waals surface area contributed by atoms with Crippen molar-refractivity contribution in [3.63, 3.8) is 0 Å². The fourth-order valence-electron chi connectivity index (χ4n) is 1.47. The van der Waals surface area contributed by atoms with Crippen molar-refractivity contribution in [3.8, 4) is 0 Å². The predicted octanol–water partition coefficient (Wildman–Crippen LogP) is -1.34. The largest absolute Gasteiger partial charge is 0.453 e. The third-order valence-electron chi connectivity index (χ3n) is 2.44. The number of β-amino-alcohol motifs (C(OH)–C–C–N with tert-alkyl or cyclic N) is 1. The van der Waals surface area contributed by atoms with Crippen LogP contribution in [0.4, 0.5) is 10.6 Å². The van der Waals surface area contributed by atoms with Gasteiger partial charge in [-0.2, -0.15) is 9.90 Å². The van der Waals surface area contributed by atoms with Crippen LogP contribution in [0.2, 0.25) is 0 Å². The van der Waals surface area contributed by atoms with Gasteiger partial charge in [-0.1, -0.05) is 0 Å². The zero-order chi connectivity index (χ0) is 13.1. The Kier molecular flexibility index (Phi) is 3.42. The number of carbonyl (C=O) groups excluding carboxylic acids is 2. The lowest BCUT2D eigenvalue weighted by Gasteiger charge is -2.35. The Labute approximate surface area is 102 Å². The Morgan fingerprint density at radius 3 is 2.94 bits per heavy atom. The average Bonchev–Trinajstić information content (AvgIpc) is 2.72. The van der Waals surface area contributed by atoms with Crippen molar-refractivity contribution >= 4 is 17.8 Å². The molecule has 0 unspecified atom stereocenters. The highest BCUT2D eigenvalue weighted by Crippen LogP contribution is 2.08. The summed E-state index contributed by atoms with van der Waals surface area (Å²) in [5.74, 6) is 0.0267. The van der Waals surface area contributed by atoms with Crippen molar-refractivity contribution in [1.82, 2.24) is 19.9 Å². The van der Waals surface area contributed by atoms with Gasteiger partial charge >= 0.3 is 6.09 Å². The number of rotatable bonds is 3. The number of nitrogens with zero attached hydrogens (tertiary/aromatic N) is 4. The second kappa shape index (κ2) is 5.00. The van der Waals surface area contributed by atoms with Gasteiger partial charge in [0.05, 0.1) is 19.4 Å². The van der Waals surface area contributed by atoms with Gasteiger partial charge in [0.1, 0.15) is 6.54 Å². The molecule has 2 amide bonds. The van der Waals surface area contributed by atoms with Crippen LogP contribution in [-0.2, 0) is 16.1 Å². The summed E-state index contributed by atoms with van der Waals surface area (Å²) in [5.41, 5.74) is 0. The number of methoxy groups -OCH3 is 1. The van der Waals surface area contributed by atoms with Crippen LogP contribution in [0.25, 0.3) is 0 Å². The second-order valence-corrected chi connectivity index (χ2v) is 3.83. The molecule has 98 valence electrons. The standard InChI is InChI=1S/C9H13N5O4/c1-18-9(17)11-7-2-10-14(12-7)5-8(16)13-3-6(15)4-13/h2,6,15H,3-5H2,1H3,(H,11,12,17). The number of likely N-dealkylation sites (tertiary alicyclic amines) is 1. The first kappa shape index (κ1) is 12.3. The molecule has 18 heavy (non-hydrogen) atoms. The Hall–Kier alpha value is -2.16. The van der Waals surface area contributed by atoms with Crippen molar-refractivity contribution in [2.45, 2.75) is 12.6 Å². The summed E-state index contributed by atoms with van der Waals surface area (Å²) in [4.78, 5) is 25.2. The highest BCUT2D eigenvalue weighted by atomic mass is 16.5. The van der Waals surface area contributed by atoms with Crippen LogP contribution >= 0.6 is 0 Å². The number of nitrogens with one attached hydrogen (secondary N) is 1. The Morgan fingerprint density at radius 1 is 1.61 bits per heavy atom. The van der Waals surface area contributed by atoms with Gasteiger partial charge in [0.15, 0.2) is 5.82 Å². The monoisotopic (exact) mass is 255 g/mol. The first-order chi connectivity index (χ1) is 8.58. The molecule has 0 aromatic carbocycles. The topological polar surface area (TPSA) is 110 Å². The number of aliphatic hydroxyl groups is 1. The molecule has 9 nitrogen and oxygen atoms in total. The summed E-state index contributed by atoms with van der Waals surface area (Å²) < 4.78 is 4.39. The molecule has 1 saturated heterocycles.